The van der Waals surface area contributed by atoms with E-state index in [1.807, 2.05) is 32.0 Å². The average molecular weight is 436 g/mol. The van der Waals surface area contributed by atoms with Gasteiger partial charge in [0.15, 0.2) is 0 Å². The van der Waals surface area contributed by atoms with E-state index in [1.165, 1.54) is 0 Å². The number of ether oxygens (including phenoxy) is 1. The van der Waals surface area contributed by atoms with E-state index < -0.39 is 5.60 Å². The Kier molecular flexibility index (Phi) is 5.55. The summed E-state index contributed by atoms with van der Waals surface area (Å²) in [7, 11) is 0. The third kappa shape index (κ3) is 4.26. The molecule has 0 unspecified atom stereocenters. The van der Waals surface area contributed by atoms with Gasteiger partial charge in [0.2, 0.25) is 0 Å². The summed E-state index contributed by atoms with van der Waals surface area (Å²) in [6.07, 6.45) is 1.08. The van der Waals surface area contributed by atoms with E-state index in [2.05, 4.69) is 42.4 Å². The van der Waals surface area contributed by atoms with Gasteiger partial charge >= 0.3 is 6.01 Å². The van der Waals surface area contributed by atoms with Crippen molar-refractivity contribution in [2.24, 2.45) is 0 Å². The maximum atomic E-state index is 10.2. The number of nitrogens with one attached hydrogen (secondary N) is 1. The monoisotopic (exact) mass is 435 g/mol. The molecular weight excluding hydrogens is 406 g/mol. The lowest BCUT2D eigenvalue weighted by Gasteiger charge is -2.41. The Hall–Kier alpha value is -3.18. The topological polar surface area (TPSA) is 117 Å². The van der Waals surface area contributed by atoms with Crippen LogP contribution in [0.4, 0.5) is 6.01 Å². The number of rotatable bonds is 6. The Labute approximate surface area is 187 Å². The fourth-order valence-electron chi connectivity index (χ4n) is 4.21. The van der Waals surface area contributed by atoms with E-state index in [9.17, 15) is 5.11 Å². The van der Waals surface area contributed by atoms with Crippen molar-refractivity contribution in [3.63, 3.8) is 0 Å². The number of aliphatic hydroxyl groups is 1. The molecule has 4 rings (SSSR count). The van der Waals surface area contributed by atoms with E-state index in [4.69, 9.17) is 19.4 Å². The van der Waals surface area contributed by atoms with Crippen LogP contribution in [0.2, 0.25) is 0 Å². The van der Waals surface area contributed by atoms with Gasteiger partial charge in [-0.05, 0) is 61.4 Å². The largest absolute Gasteiger partial charge is 0.494 e. The second-order valence-electron chi connectivity index (χ2n) is 9.60. The summed E-state index contributed by atoms with van der Waals surface area (Å²) < 4.78 is 11.6. The summed E-state index contributed by atoms with van der Waals surface area (Å²) in [5, 5.41) is 31.4. The molecule has 3 aromatic rings. The molecule has 0 spiro atoms. The van der Waals surface area contributed by atoms with Crippen LogP contribution < -0.4 is 10.1 Å². The molecule has 1 saturated carbocycles. The number of fused-ring (bicyclic) bond motifs is 1. The third-order valence-corrected chi connectivity index (χ3v) is 5.85. The van der Waals surface area contributed by atoms with Crippen molar-refractivity contribution in [1.82, 2.24) is 15.2 Å². The summed E-state index contributed by atoms with van der Waals surface area (Å²) in [4.78, 5) is 4.89. The minimum atomic E-state index is -0.921. The number of pyridine rings is 1. The predicted octanol–water partition coefficient (Wildman–Crippen LogP) is 4.51. The van der Waals surface area contributed by atoms with Crippen LogP contribution in [-0.4, -0.2) is 38.5 Å². The summed E-state index contributed by atoms with van der Waals surface area (Å²) in [6, 6.07) is 8.33. The fourth-order valence-corrected chi connectivity index (χ4v) is 4.21. The molecule has 2 N–H and O–H groups in total. The molecule has 2 heterocycles. The molecule has 2 aromatic heterocycles. The van der Waals surface area contributed by atoms with Crippen LogP contribution in [0, 0.1) is 18.3 Å². The standard InChI is InChI=1S/C24H29N5O3/c1-6-31-16-10-17-14(2)9-19(27-20(17)18(11-16)23(3,4)5)21-28-29-22(32-21)26-15-12-24(30,13-15)7-8-25/h9-11,15,30H,6-7,12-13H2,1-5H3,(H,26,29)/t15-,24+. The van der Waals surface area contributed by atoms with Crippen molar-refractivity contribution < 1.29 is 14.3 Å². The Bertz CT molecular complexity index is 1180. The lowest BCUT2D eigenvalue weighted by Crippen LogP contribution is -2.50. The summed E-state index contributed by atoms with van der Waals surface area (Å²) in [5.41, 5.74) is 2.59. The molecule has 1 fully saturated rings. The van der Waals surface area contributed by atoms with E-state index in [1.54, 1.807) is 0 Å². The van der Waals surface area contributed by atoms with Crippen LogP contribution in [0.5, 0.6) is 5.75 Å². The van der Waals surface area contributed by atoms with Crippen molar-refractivity contribution in [3.8, 4) is 23.4 Å². The summed E-state index contributed by atoms with van der Waals surface area (Å²) in [6.45, 7) is 11.1. The molecule has 0 saturated heterocycles. The zero-order chi connectivity index (χ0) is 23.1. The van der Waals surface area contributed by atoms with Gasteiger partial charge in [0.05, 0.1) is 30.2 Å². The van der Waals surface area contributed by atoms with Crippen molar-refractivity contribution >= 4 is 16.9 Å². The molecule has 32 heavy (non-hydrogen) atoms. The van der Waals surface area contributed by atoms with Crippen LogP contribution in [0.3, 0.4) is 0 Å². The van der Waals surface area contributed by atoms with Crippen LogP contribution in [0.25, 0.3) is 22.5 Å². The Balaban J connectivity index is 1.65. The van der Waals surface area contributed by atoms with Crippen molar-refractivity contribution in [1.29, 1.82) is 5.26 Å². The molecule has 1 aliphatic rings. The number of anilines is 1. The predicted molar refractivity (Wildman–Crippen MR) is 121 cm³/mol. The number of nitriles is 1. The Morgan fingerprint density at radius 3 is 2.69 bits per heavy atom. The highest BCUT2D eigenvalue weighted by Crippen LogP contribution is 2.38. The zero-order valence-corrected chi connectivity index (χ0v) is 19.2. The second-order valence-corrected chi connectivity index (χ2v) is 9.60. The number of benzene rings is 1. The first-order valence-electron chi connectivity index (χ1n) is 10.9. The molecule has 1 aromatic carbocycles. The maximum Gasteiger partial charge on any atom is 0.316 e. The first-order valence-corrected chi connectivity index (χ1v) is 10.9. The number of hydrogen-bond donors (Lipinski definition) is 2. The minimum Gasteiger partial charge on any atom is -0.494 e. The Morgan fingerprint density at radius 2 is 2.03 bits per heavy atom. The van der Waals surface area contributed by atoms with Gasteiger partial charge in [0.1, 0.15) is 11.4 Å². The smallest absolute Gasteiger partial charge is 0.316 e. The van der Waals surface area contributed by atoms with E-state index >= 15 is 0 Å². The Morgan fingerprint density at radius 1 is 1.28 bits per heavy atom. The molecule has 168 valence electrons. The highest BCUT2D eigenvalue weighted by Gasteiger charge is 2.43. The number of nitrogens with zero attached hydrogens (tertiary/aromatic N) is 4. The van der Waals surface area contributed by atoms with Gasteiger partial charge in [-0.3, -0.25) is 0 Å². The highest BCUT2D eigenvalue weighted by atomic mass is 16.5. The van der Waals surface area contributed by atoms with Crippen LogP contribution in [0.1, 0.15) is 58.1 Å². The number of aromatic nitrogens is 3. The molecule has 0 bridgehead atoms. The molecule has 0 radical (unpaired) electrons. The summed E-state index contributed by atoms with van der Waals surface area (Å²) in [5.74, 6) is 1.17. The molecular formula is C24H29N5O3. The lowest BCUT2D eigenvalue weighted by atomic mass is 9.74. The number of hydrogen-bond acceptors (Lipinski definition) is 8. The van der Waals surface area contributed by atoms with Gasteiger partial charge in [-0.2, -0.15) is 5.26 Å². The van der Waals surface area contributed by atoms with Crippen LogP contribution in [0.15, 0.2) is 22.6 Å². The van der Waals surface area contributed by atoms with Gasteiger partial charge in [-0.25, -0.2) is 4.98 Å². The third-order valence-electron chi connectivity index (χ3n) is 5.85. The van der Waals surface area contributed by atoms with Gasteiger partial charge in [0.25, 0.3) is 5.89 Å². The molecule has 1 aliphatic carbocycles. The van der Waals surface area contributed by atoms with Crippen LogP contribution in [-0.2, 0) is 5.41 Å². The average Bonchev–Trinajstić information content (AvgIpc) is 3.15. The fraction of sp³-hybridized carbons (Fsp3) is 0.500. The molecule has 8 nitrogen and oxygen atoms in total. The molecule has 8 heteroatoms. The van der Waals surface area contributed by atoms with Crippen molar-refractivity contribution in [2.75, 3.05) is 11.9 Å². The van der Waals surface area contributed by atoms with E-state index in [-0.39, 0.29) is 23.9 Å². The van der Waals surface area contributed by atoms with Crippen molar-refractivity contribution in [3.05, 3.63) is 29.3 Å². The van der Waals surface area contributed by atoms with Crippen molar-refractivity contribution in [2.45, 2.75) is 70.9 Å². The highest BCUT2D eigenvalue weighted by molar-refractivity contribution is 5.89. The second kappa shape index (κ2) is 8.06. The first kappa shape index (κ1) is 22.0. The minimum absolute atomic E-state index is 0.00238. The molecule has 0 atom stereocenters. The van der Waals surface area contributed by atoms with E-state index in [0.29, 0.717) is 31.0 Å². The van der Waals surface area contributed by atoms with Gasteiger partial charge in [0, 0.05) is 11.4 Å². The van der Waals surface area contributed by atoms with E-state index in [0.717, 1.165) is 27.8 Å². The quantitative estimate of drug-likeness (QED) is 0.581. The first-order chi connectivity index (χ1) is 15.1. The normalized spacial score (nSPS) is 20.6. The number of aryl methyl sites for hydroxylation is 1. The maximum absolute atomic E-state index is 10.2. The van der Waals surface area contributed by atoms with Crippen LogP contribution >= 0.6 is 0 Å². The zero-order valence-electron chi connectivity index (χ0n) is 19.2. The molecule has 0 aliphatic heterocycles. The van der Waals surface area contributed by atoms with Gasteiger partial charge < -0.3 is 19.6 Å². The van der Waals surface area contributed by atoms with Gasteiger partial charge in [-0.1, -0.05) is 25.9 Å². The molecule has 0 amide bonds. The lowest BCUT2D eigenvalue weighted by molar-refractivity contribution is -0.0371. The summed E-state index contributed by atoms with van der Waals surface area (Å²) >= 11 is 0. The SMILES string of the molecule is CCOc1cc(C(C)(C)C)c2nc(-c3nnc(N[C@H]4C[C@](O)(CC#N)C4)o3)cc(C)c2c1. The van der Waals surface area contributed by atoms with Gasteiger partial charge in [-0.15, -0.1) is 5.10 Å².